The first kappa shape index (κ1) is 11.1. The minimum absolute atomic E-state index is 0.0110. The highest BCUT2D eigenvalue weighted by atomic mass is 19.2. The van der Waals surface area contributed by atoms with E-state index < -0.39 is 23.8 Å². The van der Waals surface area contributed by atoms with Crippen LogP contribution in [0.5, 0.6) is 0 Å². The topological polar surface area (TPSA) is 46.2 Å². The molecule has 0 saturated carbocycles. The van der Waals surface area contributed by atoms with Gasteiger partial charge in [0.15, 0.2) is 11.6 Å². The van der Waals surface area contributed by atoms with Crippen molar-refractivity contribution in [1.82, 2.24) is 0 Å². The lowest BCUT2D eigenvalue weighted by Crippen LogP contribution is -2.38. The van der Waals surface area contributed by atoms with Crippen LogP contribution in [0.15, 0.2) is 12.1 Å². The summed E-state index contributed by atoms with van der Waals surface area (Å²) in [5, 5.41) is 8.92. The molecular weight excluding hydrogens is 188 g/mol. The molecule has 1 rings (SSSR count). The predicted molar refractivity (Wildman–Crippen MR) is 49.7 cm³/mol. The summed E-state index contributed by atoms with van der Waals surface area (Å²) in [7, 11) is 0. The van der Waals surface area contributed by atoms with E-state index in [1.807, 2.05) is 0 Å². The average molecular weight is 201 g/mol. The maximum absolute atomic E-state index is 13.4. The van der Waals surface area contributed by atoms with Crippen LogP contribution in [-0.4, -0.2) is 11.7 Å². The Morgan fingerprint density at radius 1 is 1.36 bits per heavy atom. The average Bonchev–Trinajstić information content (AvgIpc) is 2.14. The third kappa shape index (κ3) is 1.76. The highest BCUT2D eigenvalue weighted by Crippen LogP contribution is 2.24. The van der Waals surface area contributed by atoms with Crippen LogP contribution in [0.2, 0.25) is 0 Å². The van der Waals surface area contributed by atoms with Gasteiger partial charge in [-0.1, -0.05) is 12.1 Å². The van der Waals surface area contributed by atoms with E-state index in [-0.39, 0.29) is 11.1 Å². The van der Waals surface area contributed by atoms with Gasteiger partial charge >= 0.3 is 0 Å². The number of rotatable bonds is 2. The molecule has 1 aromatic rings. The molecule has 0 bridgehead atoms. The van der Waals surface area contributed by atoms with Crippen LogP contribution in [0.25, 0.3) is 0 Å². The third-order valence-electron chi connectivity index (χ3n) is 2.22. The van der Waals surface area contributed by atoms with Crippen molar-refractivity contribution < 1.29 is 13.9 Å². The Balaban J connectivity index is 3.31. The molecule has 0 aliphatic heterocycles. The quantitative estimate of drug-likeness (QED) is 0.760. The summed E-state index contributed by atoms with van der Waals surface area (Å²) in [6.07, 6.45) is 0. The van der Waals surface area contributed by atoms with Crippen LogP contribution in [0.1, 0.15) is 18.1 Å². The number of hydrogen-bond donors (Lipinski definition) is 2. The molecule has 0 fully saturated rings. The number of hydrogen-bond acceptors (Lipinski definition) is 2. The SMILES string of the molecule is Cc1ccc(C(C)(N)CO)c(F)c1F. The number of aliphatic hydroxyl groups is 1. The number of halogens is 2. The van der Waals surface area contributed by atoms with E-state index in [0.29, 0.717) is 0 Å². The predicted octanol–water partition coefficient (Wildman–Crippen LogP) is 1.44. The zero-order chi connectivity index (χ0) is 10.9. The molecule has 0 saturated heterocycles. The van der Waals surface area contributed by atoms with Gasteiger partial charge < -0.3 is 10.8 Å². The van der Waals surface area contributed by atoms with Gasteiger partial charge in [0.2, 0.25) is 0 Å². The summed E-state index contributed by atoms with van der Waals surface area (Å²) >= 11 is 0. The smallest absolute Gasteiger partial charge is 0.164 e. The van der Waals surface area contributed by atoms with Crippen molar-refractivity contribution in [2.45, 2.75) is 19.4 Å². The van der Waals surface area contributed by atoms with Crippen molar-refractivity contribution in [2.75, 3.05) is 6.61 Å². The second kappa shape index (κ2) is 3.63. The summed E-state index contributed by atoms with van der Waals surface area (Å²) in [4.78, 5) is 0. The fourth-order valence-electron chi connectivity index (χ4n) is 1.17. The third-order valence-corrected chi connectivity index (χ3v) is 2.22. The van der Waals surface area contributed by atoms with E-state index in [0.717, 1.165) is 0 Å². The molecule has 3 N–H and O–H groups in total. The van der Waals surface area contributed by atoms with Gasteiger partial charge in [0, 0.05) is 5.56 Å². The van der Waals surface area contributed by atoms with Gasteiger partial charge in [-0.05, 0) is 19.4 Å². The van der Waals surface area contributed by atoms with Crippen molar-refractivity contribution >= 4 is 0 Å². The van der Waals surface area contributed by atoms with E-state index in [9.17, 15) is 8.78 Å². The van der Waals surface area contributed by atoms with Gasteiger partial charge in [0.05, 0.1) is 12.1 Å². The van der Waals surface area contributed by atoms with Crippen molar-refractivity contribution in [3.8, 4) is 0 Å². The lowest BCUT2D eigenvalue weighted by Gasteiger charge is -2.23. The summed E-state index contributed by atoms with van der Waals surface area (Å²) in [6.45, 7) is 2.47. The normalized spacial score (nSPS) is 15.3. The molecule has 0 radical (unpaired) electrons. The Bertz CT molecular complexity index is 350. The Labute approximate surface area is 81.4 Å². The minimum Gasteiger partial charge on any atom is -0.394 e. The lowest BCUT2D eigenvalue weighted by molar-refractivity contribution is 0.205. The zero-order valence-corrected chi connectivity index (χ0v) is 8.14. The van der Waals surface area contributed by atoms with Crippen LogP contribution in [0, 0.1) is 18.6 Å². The van der Waals surface area contributed by atoms with Gasteiger partial charge in [-0.3, -0.25) is 0 Å². The molecule has 0 amide bonds. The Kier molecular flexibility index (Phi) is 2.87. The van der Waals surface area contributed by atoms with Crippen LogP contribution < -0.4 is 5.73 Å². The minimum atomic E-state index is -1.25. The number of benzene rings is 1. The van der Waals surface area contributed by atoms with Gasteiger partial charge in [-0.15, -0.1) is 0 Å². The summed E-state index contributed by atoms with van der Waals surface area (Å²) in [6, 6.07) is 2.83. The molecule has 0 spiro atoms. The fourth-order valence-corrected chi connectivity index (χ4v) is 1.17. The van der Waals surface area contributed by atoms with Gasteiger partial charge in [0.25, 0.3) is 0 Å². The van der Waals surface area contributed by atoms with E-state index >= 15 is 0 Å². The van der Waals surface area contributed by atoms with Crippen LogP contribution in [-0.2, 0) is 5.54 Å². The van der Waals surface area contributed by atoms with Crippen molar-refractivity contribution in [2.24, 2.45) is 5.73 Å². The molecular formula is C10H13F2NO. The van der Waals surface area contributed by atoms with Crippen LogP contribution in [0.4, 0.5) is 8.78 Å². The second-order valence-electron chi connectivity index (χ2n) is 3.63. The first-order chi connectivity index (χ1) is 6.40. The Morgan fingerprint density at radius 2 is 1.93 bits per heavy atom. The summed E-state index contributed by atoms with van der Waals surface area (Å²) in [5.74, 6) is -1.89. The molecule has 2 nitrogen and oxygen atoms in total. The maximum Gasteiger partial charge on any atom is 0.164 e. The maximum atomic E-state index is 13.4. The lowest BCUT2D eigenvalue weighted by atomic mass is 9.92. The first-order valence-corrected chi connectivity index (χ1v) is 4.25. The highest BCUT2D eigenvalue weighted by molar-refractivity contribution is 5.30. The van der Waals surface area contributed by atoms with Gasteiger partial charge in [-0.25, -0.2) is 8.78 Å². The van der Waals surface area contributed by atoms with Crippen molar-refractivity contribution in [3.05, 3.63) is 34.9 Å². The second-order valence-corrected chi connectivity index (χ2v) is 3.63. The number of nitrogens with two attached hydrogens (primary N) is 1. The highest BCUT2D eigenvalue weighted by Gasteiger charge is 2.26. The molecule has 78 valence electrons. The largest absolute Gasteiger partial charge is 0.394 e. The zero-order valence-electron chi connectivity index (χ0n) is 8.14. The van der Waals surface area contributed by atoms with E-state index in [1.54, 1.807) is 0 Å². The summed E-state index contributed by atoms with van der Waals surface area (Å²) < 4.78 is 26.5. The number of aliphatic hydroxyl groups excluding tert-OH is 1. The molecule has 0 aliphatic rings. The van der Waals surface area contributed by atoms with E-state index in [2.05, 4.69) is 0 Å². The van der Waals surface area contributed by atoms with Crippen molar-refractivity contribution in [3.63, 3.8) is 0 Å². The van der Waals surface area contributed by atoms with Gasteiger partial charge in [0.1, 0.15) is 0 Å². The first-order valence-electron chi connectivity index (χ1n) is 4.25. The standard InChI is InChI=1S/C10H13F2NO/c1-6-3-4-7(9(12)8(6)11)10(2,13)5-14/h3-4,14H,5,13H2,1-2H3. The number of aryl methyl sites for hydroxylation is 1. The molecule has 0 heterocycles. The molecule has 4 heteroatoms. The van der Waals surface area contributed by atoms with Gasteiger partial charge in [-0.2, -0.15) is 0 Å². The van der Waals surface area contributed by atoms with Crippen molar-refractivity contribution in [1.29, 1.82) is 0 Å². The molecule has 0 aromatic heterocycles. The van der Waals surface area contributed by atoms with Crippen LogP contribution >= 0.6 is 0 Å². The molecule has 0 aliphatic carbocycles. The fraction of sp³-hybridized carbons (Fsp3) is 0.400. The molecule has 14 heavy (non-hydrogen) atoms. The van der Waals surface area contributed by atoms with E-state index in [4.69, 9.17) is 10.8 Å². The summed E-state index contributed by atoms with van der Waals surface area (Å²) in [5.41, 5.74) is 4.56. The monoisotopic (exact) mass is 201 g/mol. The van der Waals surface area contributed by atoms with Crippen LogP contribution in [0.3, 0.4) is 0 Å². The molecule has 1 unspecified atom stereocenters. The Morgan fingerprint density at radius 3 is 2.43 bits per heavy atom. The Hall–Kier alpha value is -1.00. The molecule has 1 atom stereocenters. The van der Waals surface area contributed by atoms with E-state index in [1.165, 1.54) is 26.0 Å². The molecule has 1 aromatic carbocycles.